The van der Waals surface area contributed by atoms with Crippen molar-refractivity contribution in [3.63, 3.8) is 0 Å². The molecule has 1 aliphatic rings. The molecule has 30 heavy (non-hydrogen) atoms. The van der Waals surface area contributed by atoms with Gasteiger partial charge in [-0.15, -0.1) is 0 Å². The number of hydrogen-bond donors (Lipinski definition) is 2. The molecule has 0 bridgehead atoms. The second kappa shape index (κ2) is 9.22. The SMILES string of the molecule is COC(=O)c1ccc(CN(C(=O)N2CCS(O)(O)CC2)c2ccc(Cl)cc2)c(F)c1. The highest BCUT2D eigenvalue weighted by Crippen LogP contribution is 2.40. The second-order valence-electron chi connectivity index (χ2n) is 6.84. The maximum Gasteiger partial charge on any atom is 0.337 e. The summed E-state index contributed by atoms with van der Waals surface area (Å²) in [5, 5.41) is 0.492. The van der Waals surface area contributed by atoms with Gasteiger partial charge < -0.3 is 9.64 Å². The molecule has 1 saturated heterocycles. The number of esters is 1. The fourth-order valence-corrected chi connectivity index (χ4v) is 4.43. The Kier molecular flexibility index (Phi) is 6.87. The summed E-state index contributed by atoms with van der Waals surface area (Å²) in [7, 11) is -1.45. The lowest BCUT2D eigenvalue weighted by Crippen LogP contribution is -2.48. The van der Waals surface area contributed by atoms with Gasteiger partial charge in [-0.3, -0.25) is 14.0 Å². The summed E-state index contributed by atoms with van der Waals surface area (Å²) < 4.78 is 38.9. The number of ether oxygens (including phenoxy) is 1. The number of rotatable bonds is 4. The average Bonchev–Trinajstić information content (AvgIpc) is 2.72. The Morgan fingerprint density at radius 2 is 1.80 bits per heavy atom. The van der Waals surface area contributed by atoms with Crippen LogP contribution in [-0.4, -0.2) is 57.7 Å². The van der Waals surface area contributed by atoms with E-state index in [1.807, 2.05) is 0 Å². The summed E-state index contributed by atoms with van der Waals surface area (Å²) in [4.78, 5) is 27.7. The Labute approximate surface area is 180 Å². The number of urea groups is 1. The molecule has 0 atom stereocenters. The van der Waals surface area contributed by atoms with Crippen molar-refractivity contribution in [1.82, 2.24) is 4.90 Å². The monoisotopic (exact) mass is 456 g/mol. The molecular formula is C20H22ClFN2O5S. The molecule has 2 aromatic rings. The molecule has 1 heterocycles. The number of benzene rings is 2. The highest BCUT2D eigenvalue weighted by molar-refractivity contribution is 8.24. The Balaban J connectivity index is 1.88. The van der Waals surface area contributed by atoms with Crippen molar-refractivity contribution in [2.75, 3.05) is 36.6 Å². The number of carbonyl (C=O) groups excluding carboxylic acids is 2. The Hall–Kier alpha value is -2.33. The topological polar surface area (TPSA) is 90.3 Å². The molecular weight excluding hydrogens is 435 g/mol. The summed E-state index contributed by atoms with van der Waals surface area (Å²) in [5.41, 5.74) is 0.801. The van der Waals surface area contributed by atoms with Gasteiger partial charge in [0.2, 0.25) is 0 Å². The summed E-state index contributed by atoms with van der Waals surface area (Å²) >= 11 is 5.95. The fourth-order valence-electron chi connectivity index (χ4n) is 3.07. The van der Waals surface area contributed by atoms with Gasteiger partial charge in [0.05, 0.1) is 30.7 Å². The minimum atomic E-state index is -2.66. The number of hydrogen-bond acceptors (Lipinski definition) is 5. The van der Waals surface area contributed by atoms with Crippen molar-refractivity contribution < 1.29 is 27.8 Å². The van der Waals surface area contributed by atoms with Crippen molar-refractivity contribution in [3.05, 3.63) is 64.4 Å². The van der Waals surface area contributed by atoms with Crippen LogP contribution in [0.15, 0.2) is 42.5 Å². The van der Waals surface area contributed by atoms with E-state index in [2.05, 4.69) is 4.74 Å². The molecule has 1 aliphatic heterocycles. The van der Waals surface area contributed by atoms with Crippen molar-refractivity contribution in [1.29, 1.82) is 0 Å². The third kappa shape index (κ3) is 5.23. The van der Waals surface area contributed by atoms with Crippen LogP contribution in [0.2, 0.25) is 5.02 Å². The largest absolute Gasteiger partial charge is 0.465 e. The van der Waals surface area contributed by atoms with E-state index in [1.54, 1.807) is 24.3 Å². The van der Waals surface area contributed by atoms with E-state index in [9.17, 15) is 23.1 Å². The lowest BCUT2D eigenvalue weighted by Gasteiger charge is -2.42. The predicted molar refractivity (Wildman–Crippen MR) is 115 cm³/mol. The number of anilines is 1. The van der Waals surface area contributed by atoms with Crippen LogP contribution in [0, 0.1) is 5.82 Å². The second-order valence-corrected chi connectivity index (χ2v) is 9.70. The van der Waals surface area contributed by atoms with Crippen LogP contribution in [0.4, 0.5) is 14.9 Å². The summed E-state index contributed by atoms with van der Waals surface area (Å²) in [5.74, 6) is -1.08. The van der Waals surface area contributed by atoms with Gasteiger partial charge in [0, 0.05) is 29.4 Å². The molecule has 2 amide bonds. The molecule has 2 aromatic carbocycles. The van der Waals surface area contributed by atoms with E-state index in [1.165, 1.54) is 29.0 Å². The normalized spacial score (nSPS) is 16.6. The Bertz CT molecular complexity index is 931. The van der Waals surface area contributed by atoms with Crippen LogP contribution in [0.1, 0.15) is 15.9 Å². The summed E-state index contributed by atoms with van der Waals surface area (Å²) in [6.07, 6.45) is 0. The first-order valence-electron chi connectivity index (χ1n) is 9.12. The van der Waals surface area contributed by atoms with Crippen LogP contribution in [-0.2, 0) is 11.3 Å². The van der Waals surface area contributed by atoms with Gasteiger partial charge in [0.25, 0.3) is 0 Å². The molecule has 10 heteroatoms. The third-order valence-corrected chi connectivity index (χ3v) is 6.74. The van der Waals surface area contributed by atoms with E-state index >= 15 is 0 Å². The van der Waals surface area contributed by atoms with Gasteiger partial charge in [-0.25, -0.2) is 14.0 Å². The molecule has 0 saturated carbocycles. The lowest BCUT2D eigenvalue weighted by atomic mass is 10.1. The number of halogens is 2. The zero-order chi connectivity index (χ0) is 21.9. The standard InChI is InChI=1S/C20H22ClFN2O5S/c1-29-19(25)14-2-3-15(18(22)12-14)13-24(17-6-4-16(21)5-7-17)20(26)23-8-10-30(27,28)11-9-23/h2-7,12,27-28H,8-11,13H2,1H3. The molecule has 7 nitrogen and oxygen atoms in total. The number of methoxy groups -OCH3 is 1. The smallest absolute Gasteiger partial charge is 0.337 e. The van der Waals surface area contributed by atoms with Crippen LogP contribution in [0.25, 0.3) is 0 Å². The Morgan fingerprint density at radius 3 is 2.37 bits per heavy atom. The van der Waals surface area contributed by atoms with Gasteiger partial charge in [-0.1, -0.05) is 17.7 Å². The van der Waals surface area contributed by atoms with Crippen LogP contribution in [0.5, 0.6) is 0 Å². The fraction of sp³-hybridized carbons (Fsp3) is 0.300. The first-order chi connectivity index (χ1) is 14.2. The van der Waals surface area contributed by atoms with E-state index in [-0.39, 0.29) is 48.3 Å². The van der Waals surface area contributed by atoms with Crippen molar-refractivity contribution >= 4 is 39.9 Å². The summed E-state index contributed by atoms with van der Waals surface area (Å²) in [6, 6.07) is 10.1. The Morgan fingerprint density at radius 1 is 1.17 bits per heavy atom. The van der Waals surface area contributed by atoms with E-state index < -0.39 is 22.4 Å². The van der Waals surface area contributed by atoms with Gasteiger partial charge >= 0.3 is 12.0 Å². The van der Waals surface area contributed by atoms with E-state index in [0.29, 0.717) is 10.7 Å². The molecule has 0 radical (unpaired) electrons. The molecule has 2 N–H and O–H groups in total. The minimum Gasteiger partial charge on any atom is -0.465 e. The maximum absolute atomic E-state index is 14.7. The van der Waals surface area contributed by atoms with Gasteiger partial charge in [-0.05, 0) is 36.4 Å². The zero-order valence-electron chi connectivity index (χ0n) is 16.3. The maximum atomic E-state index is 14.7. The van der Waals surface area contributed by atoms with Crippen LogP contribution in [0.3, 0.4) is 0 Å². The molecule has 0 aliphatic carbocycles. The van der Waals surface area contributed by atoms with Crippen LogP contribution >= 0.6 is 22.2 Å². The summed E-state index contributed by atoms with van der Waals surface area (Å²) in [6.45, 7) is 0.296. The van der Waals surface area contributed by atoms with Crippen molar-refractivity contribution in [3.8, 4) is 0 Å². The van der Waals surface area contributed by atoms with Gasteiger partial charge in [-0.2, -0.15) is 10.6 Å². The molecule has 1 fully saturated rings. The van der Waals surface area contributed by atoms with Crippen LogP contribution < -0.4 is 4.90 Å². The quantitative estimate of drug-likeness (QED) is 0.663. The third-order valence-electron chi connectivity index (χ3n) is 4.82. The molecule has 162 valence electrons. The molecule has 0 unspecified atom stereocenters. The average molecular weight is 457 g/mol. The number of nitrogens with zero attached hydrogens (tertiary/aromatic N) is 2. The molecule has 3 rings (SSSR count). The number of amides is 2. The van der Waals surface area contributed by atoms with Crippen molar-refractivity contribution in [2.45, 2.75) is 6.54 Å². The first-order valence-corrected chi connectivity index (χ1v) is 11.4. The van der Waals surface area contributed by atoms with Gasteiger partial charge in [0.1, 0.15) is 5.82 Å². The highest BCUT2D eigenvalue weighted by atomic mass is 35.5. The first kappa shape index (κ1) is 22.4. The van der Waals surface area contributed by atoms with E-state index in [4.69, 9.17) is 11.6 Å². The van der Waals surface area contributed by atoms with Crippen molar-refractivity contribution in [2.24, 2.45) is 0 Å². The minimum absolute atomic E-state index is 0.0735. The molecule has 0 spiro atoms. The molecule has 0 aromatic heterocycles. The number of carbonyl (C=O) groups is 2. The van der Waals surface area contributed by atoms with Gasteiger partial charge in [0.15, 0.2) is 0 Å². The van der Waals surface area contributed by atoms with E-state index in [0.717, 1.165) is 6.07 Å². The predicted octanol–water partition coefficient (Wildman–Crippen LogP) is 4.46. The highest BCUT2D eigenvalue weighted by Gasteiger charge is 2.29. The zero-order valence-corrected chi connectivity index (χ0v) is 17.8. The lowest BCUT2D eigenvalue weighted by molar-refractivity contribution is 0.0600.